The Morgan fingerprint density at radius 1 is 1.17 bits per heavy atom. The van der Waals surface area contributed by atoms with Gasteiger partial charge in [0.05, 0.1) is 14.2 Å². The summed E-state index contributed by atoms with van der Waals surface area (Å²) in [5.74, 6) is 0.958. The van der Waals surface area contributed by atoms with Gasteiger partial charge in [-0.25, -0.2) is 0 Å². The molecule has 0 spiro atoms. The second-order valence-corrected chi connectivity index (χ2v) is 7.39. The molecule has 1 N–H and O–H groups in total. The molecule has 1 unspecified atom stereocenters. The zero-order chi connectivity index (χ0) is 21.6. The fraction of sp³-hybridized carbons (Fsp3) is 0.455. The summed E-state index contributed by atoms with van der Waals surface area (Å²) >= 11 is 0. The van der Waals surface area contributed by atoms with E-state index in [9.17, 15) is 9.59 Å². The smallest absolute Gasteiger partial charge is 0.263 e. The maximum absolute atomic E-state index is 12.9. The van der Waals surface area contributed by atoms with E-state index < -0.39 is 0 Å². The molecule has 158 valence electrons. The van der Waals surface area contributed by atoms with Gasteiger partial charge < -0.3 is 24.3 Å². The number of nitrogens with one attached hydrogen (secondary N) is 1. The van der Waals surface area contributed by atoms with Gasteiger partial charge in [-0.1, -0.05) is 6.07 Å². The SMILES string of the molecule is COc1ccc(CCNC(=O)c2c(C)ccn(C(C)CN(C)C)c2=O)cc1OC. The van der Waals surface area contributed by atoms with Crippen LogP contribution in [-0.2, 0) is 6.42 Å². The molecule has 1 aromatic heterocycles. The van der Waals surface area contributed by atoms with Crippen molar-refractivity contribution < 1.29 is 14.3 Å². The van der Waals surface area contributed by atoms with Crippen LogP contribution >= 0.6 is 0 Å². The summed E-state index contributed by atoms with van der Waals surface area (Å²) in [5, 5.41) is 2.87. The quantitative estimate of drug-likeness (QED) is 0.698. The van der Waals surface area contributed by atoms with Crippen molar-refractivity contribution in [1.82, 2.24) is 14.8 Å². The molecule has 0 aliphatic rings. The molecule has 2 aromatic rings. The van der Waals surface area contributed by atoms with E-state index in [1.54, 1.807) is 31.9 Å². The zero-order valence-electron chi connectivity index (χ0n) is 18.1. The minimum Gasteiger partial charge on any atom is -0.493 e. The Balaban J connectivity index is 2.10. The first-order chi connectivity index (χ1) is 13.8. The molecule has 0 saturated heterocycles. The van der Waals surface area contributed by atoms with Gasteiger partial charge in [0.25, 0.3) is 11.5 Å². The lowest BCUT2D eigenvalue weighted by Crippen LogP contribution is -2.37. The molecule has 1 atom stereocenters. The number of hydrogen-bond acceptors (Lipinski definition) is 5. The number of hydrogen-bond donors (Lipinski definition) is 1. The molecule has 0 aliphatic heterocycles. The number of carbonyl (C=O) groups excluding carboxylic acids is 1. The van der Waals surface area contributed by atoms with Gasteiger partial charge in [-0.05, 0) is 63.7 Å². The van der Waals surface area contributed by atoms with Crippen molar-refractivity contribution in [3.63, 3.8) is 0 Å². The zero-order valence-corrected chi connectivity index (χ0v) is 18.1. The van der Waals surface area contributed by atoms with E-state index in [1.165, 1.54) is 0 Å². The maximum Gasteiger partial charge on any atom is 0.263 e. The number of aryl methyl sites for hydroxylation is 1. The molecule has 7 nitrogen and oxygen atoms in total. The van der Waals surface area contributed by atoms with E-state index in [1.807, 2.05) is 50.2 Å². The summed E-state index contributed by atoms with van der Waals surface area (Å²) in [5.41, 5.74) is 1.62. The van der Waals surface area contributed by atoms with Gasteiger partial charge in [-0.2, -0.15) is 0 Å². The molecule has 0 saturated carbocycles. The van der Waals surface area contributed by atoms with Crippen molar-refractivity contribution in [2.24, 2.45) is 0 Å². The summed E-state index contributed by atoms with van der Waals surface area (Å²) in [6.45, 7) is 4.87. The summed E-state index contributed by atoms with van der Waals surface area (Å²) in [6, 6.07) is 7.43. The minimum absolute atomic E-state index is 0.0311. The van der Waals surface area contributed by atoms with Crippen LogP contribution in [0.4, 0.5) is 0 Å². The fourth-order valence-corrected chi connectivity index (χ4v) is 3.33. The van der Waals surface area contributed by atoms with Gasteiger partial charge in [0.1, 0.15) is 5.56 Å². The van der Waals surface area contributed by atoms with Crippen molar-refractivity contribution in [2.45, 2.75) is 26.3 Å². The second-order valence-electron chi connectivity index (χ2n) is 7.39. The number of pyridine rings is 1. The molecule has 7 heteroatoms. The normalized spacial score (nSPS) is 12.0. The molecular formula is C22H31N3O4. The Hall–Kier alpha value is -2.80. The number of aromatic nitrogens is 1. The predicted octanol–water partition coefficient (Wildman–Crippen LogP) is 2.27. The van der Waals surface area contributed by atoms with E-state index in [4.69, 9.17) is 9.47 Å². The third-order valence-corrected chi connectivity index (χ3v) is 4.81. The number of methoxy groups -OCH3 is 2. The number of likely N-dealkylation sites (N-methyl/N-ethyl adjacent to an activating group) is 1. The Morgan fingerprint density at radius 2 is 1.86 bits per heavy atom. The van der Waals surface area contributed by atoms with Crippen molar-refractivity contribution in [1.29, 1.82) is 0 Å². The van der Waals surface area contributed by atoms with Crippen molar-refractivity contribution in [2.75, 3.05) is 41.4 Å². The molecule has 0 bridgehead atoms. The first-order valence-electron chi connectivity index (χ1n) is 9.64. The molecule has 1 amide bonds. The van der Waals surface area contributed by atoms with Crippen LogP contribution in [0, 0.1) is 6.92 Å². The van der Waals surface area contributed by atoms with E-state index in [0.29, 0.717) is 36.6 Å². The molecule has 1 heterocycles. The molecule has 0 fully saturated rings. The van der Waals surface area contributed by atoms with Gasteiger partial charge in [0.2, 0.25) is 0 Å². The molecule has 1 aromatic carbocycles. The van der Waals surface area contributed by atoms with E-state index in [0.717, 1.165) is 5.56 Å². The fourth-order valence-electron chi connectivity index (χ4n) is 3.33. The van der Waals surface area contributed by atoms with Crippen LogP contribution in [0.1, 0.15) is 34.5 Å². The minimum atomic E-state index is -0.348. The highest BCUT2D eigenvalue weighted by Gasteiger charge is 2.18. The summed E-state index contributed by atoms with van der Waals surface area (Å²) in [6.07, 6.45) is 2.37. The largest absolute Gasteiger partial charge is 0.493 e. The maximum atomic E-state index is 12.9. The van der Waals surface area contributed by atoms with Crippen molar-refractivity contribution in [3.8, 4) is 11.5 Å². The third-order valence-electron chi connectivity index (χ3n) is 4.81. The highest BCUT2D eigenvalue weighted by Crippen LogP contribution is 2.27. The lowest BCUT2D eigenvalue weighted by molar-refractivity contribution is 0.0951. The van der Waals surface area contributed by atoms with Gasteiger partial charge in [-0.15, -0.1) is 0 Å². The second kappa shape index (κ2) is 10.1. The van der Waals surface area contributed by atoms with E-state index in [2.05, 4.69) is 5.32 Å². The first-order valence-corrected chi connectivity index (χ1v) is 9.64. The number of nitrogens with zero attached hydrogens (tertiary/aromatic N) is 2. The standard InChI is InChI=1S/C22H31N3O4/c1-15-10-12-25(16(2)14-24(3)4)22(27)20(15)21(26)23-11-9-17-7-8-18(28-5)19(13-17)29-6/h7-8,10,12-13,16H,9,11,14H2,1-6H3,(H,23,26). The molecule has 29 heavy (non-hydrogen) atoms. The van der Waals surface area contributed by atoms with Crippen molar-refractivity contribution in [3.05, 3.63) is 57.5 Å². The van der Waals surface area contributed by atoms with E-state index in [-0.39, 0.29) is 23.1 Å². The van der Waals surface area contributed by atoms with Crippen LogP contribution in [0.15, 0.2) is 35.3 Å². The Labute approximate surface area is 172 Å². The number of ether oxygens (including phenoxy) is 2. The molecular weight excluding hydrogens is 370 g/mol. The molecule has 0 aliphatic carbocycles. The lowest BCUT2D eigenvalue weighted by Gasteiger charge is -2.20. The third kappa shape index (κ3) is 5.60. The van der Waals surface area contributed by atoms with Crippen LogP contribution in [0.5, 0.6) is 11.5 Å². The predicted molar refractivity (Wildman–Crippen MR) is 114 cm³/mol. The van der Waals surface area contributed by atoms with Crippen LogP contribution in [0.2, 0.25) is 0 Å². The number of amides is 1. The molecule has 0 radical (unpaired) electrons. The van der Waals surface area contributed by atoms with Crippen LogP contribution in [0.25, 0.3) is 0 Å². The average molecular weight is 402 g/mol. The Kier molecular flexibility index (Phi) is 7.84. The first kappa shape index (κ1) is 22.5. The van der Waals surface area contributed by atoms with Gasteiger partial charge in [0, 0.05) is 25.3 Å². The average Bonchev–Trinajstić information content (AvgIpc) is 2.67. The van der Waals surface area contributed by atoms with Gasteiger partial charge in [0.15, 0.2) is 11.5 Å². The summed E-state index contributed by atoms with van der Waals surface area (Å²) < 4.78 is 12.2. The Morgan fingerprint density at radius 3 is 2.48 bits per heavy atom. The highest BCUT2D eigenvalue weighted by atomic mass is 16.5. The van der Waals surface area contributed by atoms with E-state index >= 15 is 0 Å². The lowest BCUT2D eigenvalue weighted by atomic mass is 10.1. The monoisotopic (exact) mass is 401 g/mol. The number of rotatable bonds is 9. The van der Waals surface area contributed by atoms with Gasteiger partial charge >= 0.3 is 0 Å². The van der Waals surface area contributed by atoms with Crippen LogP contribution in [-0.4, -0.2) is 56.8 Å². The number of benzene rings is 1. The van der Waals surface area contributed by atoms with Crippen LogP contribution < -0.4 is 20.3 Å². The summed E-state index contributed by atoms with van der Waals surface area (Å²) in [7, 11) is 7.09. The van der Waals surface area contributed by atoms with Gasteiger partial charge in [-0.3, -0.25) is 9.59 Å². The highest BCUT2D eigenvalue weighted by molar-refractivity contribution is 5.95. The molecule has 2 rings (SSSR count). The topological polar surface area (TPSA) is 72.8 Å². The number of carbonyl (C=O) groups is 1. The van der Waals surface area contributed by atoms with Crippen LogP contribution in [0.3, 0.4) is 0 Å². The summed E-state index contributed by atoms with van der Waals surface area (Å²) in [4.78, 5) is 27.6. The van der Waals surface area contributed by atoms with Crippen molar-refractivity contribution >= 4 is 5.91 Å². The Bertz CT molecular complexity index is 905.